The fourth-order valence-corrected chi connectivity index (χ4v) is 8.24. The van der Waals surface area contributed by atoms with Crippen molar-refractivity contribution in [3.8, 4) is 27.6 Å². The van der Waals surface area contributed by atoms with Crippen molar-refractivity contribution >= 4 is 23.2 Å². The normalized spacial score (nSPS) is 17.9. The first-order valence-electron chi connectivity index (χ1n) is 15.6. The maximum Gasteiger partial charge on any atom is 0.439 e. The van der Waals surface area contributed by atoms with Gasteiger partial charge in [0.05, 0.1) is 46.6 Å². The third kappa shape index (κ3) is 5.03. The highest BCUT2D eigenvalue weighted by Gasteiger charge is 2.44. The molecule has 47 heavy (non-hydrogen) atoms. The molecule has 0 spiro atoms. The summed E-state index contributed by atoms with van der Waals surface area (Å²) in [5.41, 5.74) is 5.92. The summed E-state index contributed by atoms with van der Waals surface area (Å²) in [6, 6.07) is 15.5. The number of halogens is 1. The third-order valence-electron chi connectivity index (χ3n) is 9.41. The molecule has 5 heterocycles. The van der Waals surface area contributed by atoms with E-state index >= 15 is 0 Å². The zero-order valence-electron chi connectivity index (χ0n) is 25.5. The Morgan fingerprint density at radius 2 is 1.94 bits per heavy atom. The number of nitrogens with zero attached hydrogens (tertiary/aromatic N) is 3. The van der Waals surface area contributed by atoms with Crippen molar-refractivity contribution in [1.29, 1.82) is 0 Å². The first kappa shape index (κ1) is 29.3. The quantitative estimate of drug-likeness (QED) is 0.217. The number of thiophene rings is 1. The summed E-state index contributed by atoms with van der Waals surface area (Å²) < 4.78 is 24.1. The summed E-state index contributed by atoms with van der Waals surface area (Å²) in [7, 11) is 1.65. The van der Waals surface area contributed by atoms with Crippen LogP contribution < -0.4 is 15.8 Å². The fourth-order valence-electron chi connectivity index (χ4n) is 7.27. The molecule has 238 valence electrons. The minimum Gasteiger partial charge on any atom is -0.496 e. The minimum atomic E-state index is -0.734. The third-order valence-corrected chi connectivity index (χ3v) is 10.5. The van der Waals surface area contributed by atoms with E-state index in [-0.39, 0.29) is 35.5 Å². The largest absolute Gasteiger partial charge is 0.496 e. The molecule has 2 N–H and O–H groups in total. The van der Waals surface area contributed by atoms with Crippen molar-refractivity contribution in [1.82, 2.24) is 25.3 Å². The summed E-state index contributed by atoms with van der Waals surface area (Å²) in [5.74, 6) is -0.414. The number of benzene rings is 2. The molecule has 12 heteroatoms. The highest BCUT2D eigenvalue weighted by atomic mass is 32.1. The van der Waals surface area contributed by atoms with Crippen LogP contribution in [0.15, 0.2) is 63.9 Å². The first-order valence-corrected chi connectivity index (χ1v) is 16.5. The molecule has 1 saturated heterocycles. The number of carbonyl (C=O) groups excluding carboxylic acids is 2. The monoisotopic (exact) mass is 651 g/mol. The summed E-state index contributed by atoms with van der Waals surface area (Å²) >= 11 is 1.28. The topological polar surface area (TPSA) is 130 Å². The van der Waals surface area contributed by atoms with Crippen LogP contribution in [0.4, 0.5) is 4.39 Å². The number of H-pyrrole nitrogens is 1. The zero-order valence-corrected chi connectivity index (χ0v) is 26.3. The molecule has 2 aliphatic heterocycles. The van der Waals surface area contributed by atoms with Gasteiger partial charge in [0.25, 0.3) is 11.8 Å². The highest BCUT2D eigenvalue weighted by Crippen LogP contribution is 2.49. The number of hydrogen-bond acceptors (Lipinski definition) is 8. The Labute approximate surface area is 272 Å². The van der Waals surface area contributed by atoms with Crippen molar-refractivity contribution in [3.05, 3.63) is 109 Å². The zero-order chi connectivity index (χ0) is 32.2. The van der Waals surface area contributed by atoms with Gasteiger partial charge in [-0.2, -0.15) is 0 Å². The van der Waals surface area contributed by atoms with Crippen LogP contribution in [0.5, 0.6) is 5.75 Å². The van der Waals surface area contributed by atoms with Gasteiger partial charge in [-0.1, -0.05) is 29.4 Å². The number of aromatic nitrogens is 3. The second-order valence-corrected chi connectivity index (χ2v) is 13.1. The molecule has 5 aromatic rings. The number of amides is 2. The molecule has 0 radical (unpaired) electrons. The van der Waals surface area contributed by atoms with Crippen LogP contribution in [0.2, 0.25) is 0 Å². The van der Waals surface area contributed by atoms with Gasteiger partial charge in [0, 0.05) is 17.0 Å². The maximum absolute atomic E-state index is 14.0. The van der Waals surface area contributed by atoms with Crippen molar-refractivity contribution in [2.75, 3.05) is 13.7 Å². The van der Waals surface area contributed by atoms with E-state index in [1.54, 1.807) is 25.3 Å². The van der Waals surface area contributed by atoms with Crippen LogP contribution in [0, 0.1) is 5.82 Å². The summed E-state index contributed by atoms with van der Waals surface area (Å²) in [6.07, 6.45) is 4.23. The molecular formula is C35H30FN5O5S. The van der Waals surface area contributed by atoms with E-state index in [0.717, 1.165) is 48.1 Å². The van der Waals surface area contributed by atoms with Crippen molar-refractivity contribution in [2.45, 2.75) is 50.6 Å². The van der Waals surface area contributed by atoms with Crippen LogP contribution >= 0.6 is 11.3 Å². The predicted octanol–water partition coefficient (Wildman–Crippen LogP) is 5.79. The number of carbonyl (C=O) groups is 2. The minimum absolute atomic E-state index is 0.127. The SMILES string of the molecule is COc1cccc2c1CCC2NC(=O)c1ccc(-c2c3c(nc(CCc4ccc(F)cc4)c2-c2noc(=O)[nH]2)C2CCCN2C3=O)s1. The summed E-state index contributed by atoms with van der Waals surface area (Å²) in [5, 5.41) is 7.22. The van der Waals surface area contributed by atoms with Gasteiger partial charge in [-0.15, -0.1) is 11.3 Å². The number of nitrogens with one attached hydrogen (secondary N) is 2. The molecule has 0 bridgehead atoms. The fraction of sp³-hybridized carbons (Fsp3) is 0.286. The van der Waals surface area contributed by atoms with Crippen LogP contribution in [0.25, 0.3) is 21.8 Å². The standard InChI is InChI=1S/C35H30FN5O5S/c1-45-25-6-2-4-20-21(25)12-14-22(20)38-33(42)27-16-15-26(47-27)29-28(32-39-35(44)46-40-32)23(13-9-18-7-10-19(36)11-8-18)37-31-24-5-3-17-41(24)34(43)30(29)31/h2,4,6-8,10-11,15-16,22,24H,3,5,9,12-14,17H2,1H3,(H,38,42)(H,39,40,44). The Hall–Kier alpha value is -5.10. The van der Waals surface area contributed by atoms with E-state index in [2.05, 4.69) is 15.5 Å². The Morgan fingerprint density at radius 1 is 1.09 bits per heavy atom. The van der Waals surface area contributed by atoms with E-state index in [9.17, 15) is 18.8 Å². The molecule has 10 nitrogen and oxygen atoms in total. The average Bonchev–Trinajstić information content (AvgIpc) is 3.92. The molecule has 2 amide bonds. The number of aryl methyl sites for hydroxylation is 2. The van der Waals surface area contributed by atoms with Gasteiger partial charge in [-0.05, 0) is 85.5 Å². The lowest BCUT2D eigenvalue weighted by Gasteiger charge is -2.16. The molecule has 2 atom stereocenters. The summed E-state index contributed by atoms with van der Waals surface area (Å²) in [6.45, 7) is 0.631. The molecule has 0 saturated carbocycles. The van der Waals surface area contributed by atoms with E-state index in [4.69, 9.17) is 14.2 Å². The number of methoxy groups -OCH3 is 1. The Balaban J connectivity index is 1.21. The lowest BCUT2D eigenvalue weighted by atomic mass is 9.93. The molecule has 1 aliphatic carbocycles. The number of aromatic amines is 1. The number of fused-ring (bicyclic) bond motifs is 4. The van der Waals surface area contributed by atoms with Gasteiger partial charge in [0.15, 0.2) is 5.82 Å². The number of ether oxygens (including phenoxy) is 1. The Bertz CT molecular complexity index is 2100. The van der Waals surface area contributed by atoms with Crippen LogP contribution in [-0.4, -0.2) is 45.5 Å². The number of pyridine rings is 1. The van der Waals surface area contributed by atoms with Crippen LogP contribution in [-0.2, 0) is 19.3 Å². The smallest absolute Gasteiger partial charge is 0.439 e. The molecule has 1 fully saturated rings. The molecule has 3 aliphatic rings. The van der Waals surface area contributed by atoms with Gasteiger partial charge in [-0.3, -0.25) is 24.1 Å². The van der Waals surface area contributed by atoms with Crippen molar-refractivity contribution < 1.29 is 23.2 Å². The maximum atomic E-state index is 14.0. The molecule has 2 aromatic carbocycles. The summed E-state index contributed by atoms with van der Waals surface area (Å²) in [4.78, 5) is 50.6. The van der Waals surface area contributed by atoms with E-state index in [1.807, 2.05) is 29.2 Å². The molecular weight excluding hydrogens is 621 g/mol. The molecule has 8 rings (SSSR count). The van der Waals surface area contributed by atoms with Gasteiger partial charge < -0.3 is 15.0 Å². The van der Waals surface area contributed by atoms with Crippen molar-refractivity contribution in [3.63, 3.8) is 0 Å². The van der Waals surface area contributed by atoms with E-state index < -0.39 is 5.76 Å². The first-order chi connectivity index (χ1) is 22.9. The second kappa shape index (κ2) is 11.6. The molecule has 2 unspecified atom stereocenters. The van der Waals surface area contributed by atoms with E-state index in [1.165, 1.54) is 23.5 Å². The predicted molar refractivity (Wildman–Crippen MR) is 172 cm³/mol. The Kier molecular flexibility index (Phi) is 7.24. The van der Waals surface area contributed by atoms with Crippen LogP contribution in [0.3, 0.4) is 0 Å². The van der Waals surface area contributed by atoms with E-state index in [0.29, 0.717) is 57.2 Å². The van der Waals surface area contributed by atoms with Gasteiger partial charge in [-0.25, -0.2) is 9.18 Å². The number of rotatable bonds is 8. The number of hydrogen-bond donors (Lipinski definition) is 2. The Morgan fingerprint density at radius 3 is 2.72 bits per heavy atom. The van der Waals surface area contributed by atoms with Crippen LogP contribution in [0.1, 0.15) is 79.5 Å². The van der Waals surface area contributed by atoms with Crippen molar-refractivity contribution in [2.24, 2.45) is 0 Å². The van der Waals surface area contributed by atoms with Gasteiger partial charge in [0.1, 0.15) is 11.6 Å². The lowest BCUT2D eigenvalue weighted by Crippen LogP contribution is -2.26. The van der Waals surface area contributed by atoms with Gasteiger partial charge >= 0.3 is 5.76 Å². The second-order valence-electron chi connectivity index (χ2n) is 12.1. The average molecular weight is 652 g/mol. The highest BCUT2D eigenvalue weighted by molar-refractivity contribution is 7.17. The lowest BCUT2D eigenvalue weighted by molar-refractivity contribution is 0.0776. The van der Waals surface area contributed by atoms with Gasteiger partial charge in [0.2, 0.25) is 0 Å². The molecule has 3 aromatic heterocycles.